The number of halogens is 2. The minimum atomic E-state index is 0.274. The molecule has 0 radical (unpaired) electrons. The van der Waals surface area contributed by atoms with Crippen LogP contribution < -0.4 is 4.74 Å². The Kier molecular flexibility index (Phi) is 4.61. The van der Waals surface area contributed by atoms with E-state index in [9.17, 15) is 0 Å². The Bertz CT molecular complexity index is 898. The van der Waals surface area contributed by atoms with Crippen LogP contribution in [0.3, 0.4) is 0 Å². The molecular weight excluding hydrogens is 355 g/mol. The van der Waals surface area contributed by atoms with Crippen LogP contribution in [0, 0.1) is 5.92 Å². The normalized spacial score (nSPS) is 20.8. The zero-order valence-corrected chi connectivity index (χ0v) is 15.6. The third-order valence-electron chi connectivity index (χ3n) is 4.99. The van der Waals surface area contributed by atoms with Gasteiger partial charge in [-0.15, -0.1) is 0 Å². The van der Waals surface area contributed by atoms with Gasteiger partial charge in [0.15, 0.2) is 0 Å². The van der Waals surface area contributed by atoms with Crippen molar-refractivity contribution in [1.29, 1.82) is 0 Å². The Morgan fingerprint density at radius 1 is 1.12 bits per heavy atom. The summed E-state index contributed by atoms with van der Waals surface area (Å²) in [7, 11) is 0. The van der Waals surface area contributed by atoms with Gasteiger partial charge in [0.05, 0.1) is 11.6 Å². The second kappa shape index (κ2) is 6.89. The van der Waals surface area contributed by atoms with Gasteiger partial charge >= 0.3 is 0 Å². The van der Waals surface area contributed by atoms with Crippen molar-refractivity contribution < 1.29 is 4.74 Å². The summed E-state index contributed by atoms with van der Waals surface area (Å²) in [5, 5.41) is 2.05. The lowest BCUT2D eigenvalue weighted by Crippen LogP contribution is -2.23. The Balaban J connectivity index is 1.67. The molecule has 0 aliphatic heterocycles. The number of aromatic nitrogens is 2. The second-order valence-corrected chi connectivity index (χ2v) is 7.70. The number of hydrogen-bond acceptors (Lipinski definition) is 2. The molecule has 3 nitrogen and oxygen atoms in total. The number of nitrogens with one attached hydrogen (secondary N) is 1. The third kappa shape index (κ3) is 3.49. The van der Waals surface area contributed by atoms with Gasteiger partial charge in [-0.25, -0.2) is 4.98 Å². The van der Waals surface area contributed by atoms with E-state index in [2.05, 4.69) is 16.9 Å². The first-order chi connectivity index (χ1) is 12.1. The molecule has 0 spiro atoms. The minimum Gasteiger partial charge on any atom is -0.490 e. The quantitative estimate of drug-likeness (QED) is 0.531. The fraction of sp³-hybridized carbons (Fsp3) is 0.350. The van der Waals surface area contributed by atoms with Crippen molar-refractivity contribution in [2.75, 3.05) is 0 Å². The molecule has 4 rings (SSSR count). The van der Waals surface area contributed by atoms with Crippen LogP contribution in [0.25, 0.3) is 22.0 Å². The largest absolute Gasteiger partial charge is 0.490 e. The summed E-state index contributed by atoms with van der Waals surface area (Å²) in [5.41, 5.74) is 2.92. The number of H-pyrrole nitrogens is 1. The average Bonchev–Trinajstić information content (AvgIpc) is 3.02. The smallest absolute Gasteiger partial charge is 0.138 e. The molecule has 2 aromatic heterocycles. The molecule has 1 saturated carbocycles. The van der Waals surface area contributed by atoms with Crippen LogP contribution >= 0.6 is 23.2 Å². The fourth-order valence-electron chi connectivity index (χ4n) is 3.59. The van der Waals surface area contributed by atoms with Gasteiger partial charge in [0, 0.05) is 28.4 Å². The summed E-state index contributed by atoms with van der Waals surface area (Å²) in [5.74, 6) is 1.62. The molecule has 0 atom stereocenters. The first-order valence-electron chi connectivity index (χ1n) is 8.69. The van der Waals surface area contributed by atoms with Crippen molar-refractivity contribution in [3.05, 3.63) is 46.8 Å². The highest BCUT2D eigenvalue weighted by molar-refractivity contribution is 6.35. The maximum absolute atomic E-state index is 6.36. The average molecular weight is 375 g/mol. The molecule has 3 aromatic rings. The summed E-state index contributed by atoms with van der Waals surface area (Å²) in [6.45, 7) is 2.31. The van der Waals surface area contributed by atoms with Gasteiger partial charge in [-0.05, 0) is 61.4 Å². The molecule has 0 amide bonds. The van der Waals surface area contributed by atoms with E-state index in [-0.39, 0.29) is 6.10 Å². The first kappa shape index (κ1) is 16.7. The molecule has 5 heteroatoms. The van der Waals surface area contributed by atoms with Crippen molar-refractivity contribution in [3.8, 4) is 16.9 Å². The molecule has 2 heterocycles. The van der Waals surface area contributed by atoms with Crippen molar-refractivity contribution in [2.45, 2.75) is 38.7 Å². The molecule has 1 N–H and O–H groups in total. The first-order valence-corrected chi connectivity index (χ1v) is 9.45. The summed E-state index contributed by atoms with van der Waals surface area (Å²) < 4.78 is 6.22. The number of fused-ring (bicyclic) bond motifs is 1. The highest BCUT2D eigenvalue weighted by atomic mass is 35.5. The Morgan fingerprint density at radius 2 is 1.92 bits per heavy atom. The molecule has 25 heavy (non-hydrogen) atoms. The zero-order chi connectivity index (χ0) is 17.4. The van der Waals surface area contributed by atoms with Crippen LogP contribution in [-0.2, 0) is 0 Å². The minimum absolute atomic E-state index is 0.274. The van der Waals surface area contributed by atoms with Crippen LogP contribution in [-0.4, -0.2) is 16.1 Å². The number of ether oxygens (including phenoxy) is 1. The Morgan fingerprint density at radius 3 is 2.72 bits per heavy atom. The van der Waals surface area contributed by atoms with Crippen molar-refractivity contribution in [3.63, 3.8) is 0 Å². The van der Waals surface area contributed by atoms with Crippen molar-refractivity contribution >= 4 is 34.1 Å². The molecule has 1 aliphatic rings. The number of pyridine rings is 1. The molecular formula is C20H20Cl2N2O. The van der Waals surface area contributed by atoms with Gasteiger partial charge in [0.1, 0.15) is 10.9 Å². The number of rotatable bonds is 3. The Labute approximate surface area is 157 Å². The van der Waals surface area contributed by atoms with Crippen LogP contribution in [0.1, 0.15) is 32.6 Å². The van der Waals surface area contributed by atoms with E-state index in [1.165, 1.54) is 12.8 Å². The zero-order valence-electron chi connectivity index (χ0n) is 14.1. The fourth-order valence-corrected chi connectivity index (χ4v) is 4.07. The molecule has 1 fully saturated rings. The lowest BCUT2D eigenvalue weighted by molar-refractivity contribution is 0.135. The van der Waals surface area contributed by atoms with E-state index >= 15 is 0 Å². The summed E-state index contributed by atoms with van der Waals surface area (Å²) in [4.78, 5) is 7.44. The van der Waals surface area contributed by atoms with Crippen molar-refractivity contribution in [1.82, 2.24) is 9.97 Å². The SMILES string of the molecule is CC1CCC(Oc2cc(Cl)cc(-c3c[nH]c4ccnc(Cl)c34)c2)CC1. The predicted molar refractivity (Wildman–Crippen MR) is 104 cm³/mol. The van der Waals surface area contributed by atoms with Gasteiger partial charge in [0.2, 0.25) is 0 Å². The Hall–Kier alpha value is -1.71. The maximum Gasteiger partial charge on any atom is 0.138 e. The highest BCUT2D eigenvalue weighted by Crippen LogP contribution is 2.37. The van der Waals surface area contributed by atoms with E-state index in [0.717, 1.165) is 46.5 Å². The van der Waals surface area contributed by atoms with E-state index in [4.69, 9.17) is 27.9 Å². The number of aromatic amines is 1. The summed E-state index contributed by atoms with van der Waals surface area (Å²) >= 11 is 12.7. The predicted octanol–water partition coefficient (Wildman–Crippen LogP) is 6.49. The monoisotopic (exact) mass is 374 g/mol. The topological polar surface area (TPSA) is 37.9 Å². The van der Waals surface area contributed by atoms with Crippen molar-refractivity contribution in [2.24, 2.45) is 5.92 Å². The lowest BCUT2D eigenvalue weighted by atomic mass is 9.89. The van der Waals surface area contributed by atoms with Gasteiger partial charge in [-0.2, -0.15) is 0 Å². The standard InChI is InChI=1S/C20H20Cl2N2O/c1-12-2-4-15(5-3-12)25-16-9-13(8-14(21)10-16)17-11-24-18-6-7-23-20(22)19(17)18/h6-12,15,24H,2-5H2,1H3. The van der Waals surface area contributed by atoms with Gasteiger partial charge in [-0.3, -0.25) is 0 Å². The highest BCUT2D eigenvalue weighted by Gasteiger charge is 2.20. The number of nitrogens with zero attached hydrogens (tertiary/aromatic N) is 1. The molecule has 0 saturated heterocycles. The molecule has 1 aliphatic carbocycles. The van der Waals surface area contributed by atoms with Gasteiger partial charge < -0.3 is 9.72 Å². The molecule has 0 unspecified atom stereocenters. The van der Waals surface area contributed by atoms with E-state index in [1.54, 1.807) is 6.20 Å². The van der Waals surface area contributed by atoms with Gasteiger partial charge in [0.25, 0.3) is 0 Å². The summed E-state index contributed by atoms with van der Waals surface area (Å²) in [6, 6.07) is 7.77. The number of benzene rings is 1. The van der Waals surface area contributed by atoms with Crippen LogP contribution in [0.5, 0.6) is 5.75 Å². The molecule has 0 bridgehead atoms. The number of hydrogen-bond donors (Lipinski definition) is 1. The maximum atomic E-state index is 6.36. The van der Waals surface area contributed by atoms with Gasteiger partial charge in [-0.1, -0.05) is 30.1 Å². The van der Waals surface area contributed by atoms with Crippen LogP contribution in [0.2, 0.25) is 10.2 Å². The van der Waals surface area contributed by atoms with E-state index < -0.39 is 0 Å². The van der Waals surface area contributed by atoms with E-state index in [0.29, 0.717) is 10.2 Å². The van der Waals surface area contributed by atoms with Crippen LogP contribution in [0.4, 0.5) is 0 Å². The lowest BCUT2D eigenvalue weighted by Gasteiger charge is -2.27. The molecule has 1 aromatic carbocycles. The van der Waals surface area contributed by atoms with Crippen LogP contribution in [0.15, 0.2) is 36.7 Å². The molecule has 130 valence electrons. The third-order valence-corrected chi connectivity index (χ3v) is 5.50. The second-order valence-electron chi connectivity index (χ2n) is 6.90. The van der Waals surface area contributed by atoms with E-state index in [1.807, 2.05) is 30.5 Å². The summed E-state index contributed by atoms with van der Waals surface area (Å²) in [6.07, 6.45) is 8.56.